The molecule has 1 saturated heterocycles. The zero-order valence-corrected chi connectivity index (χ0v) is 23.7. The van der Waals surface area contributed by atoms with Gasteiger partial charge in [0.05, 0.1) is 18.2 Å². The van der Waals surface area contributed by atoms with E-state index in [1.165, 1.54) is 4.90 Å². The molecule has 6 heteroatoms. The van der Waals surface area contributed by atoms with Crippen molar-refractivity contribution in [2.75, 3.05) is 29.5 Å². The van der Waals surface area contributed by atoms with E-state index in [0.717, 1.165) is 35.5 Å². The number of aliphatic hydroxyl groups is 1. The molecule has 1 N–H and O–H groups in total. The highest BCUT2D eigenvalue weighted by Crippen LogP contribution is 2.43. The first-order chi connectivity index (χ1) is 18.6. The number of ketones is 1. The lowest BCUT2D eigenvalue weighted by molar-refractivity contribution is -0.132. The Morgan fingerprint density at radius 2 is 1.59 bits per heavy atom. The van der Waals surface area contributed by atoms with Crippen molar-refractivity contribution in [1.29, 1.82) is 0 Å². The van der Waals surface area contributed by atoms with E-state index >= 15 is 0 Å². The van der Waals surface area contributed by atoms with Crippen LogP contribution in [0.2, 0.25) is 0 Å². The number of carbonyl (C=O) groups excluding carboxylic acids is 2. The fourth-order valence-corrected chi connectivity index (χ4v) is 5.11. The number of carbonyl (C=O) groups is 2. The van der Waals surface area contributed by atoms with Gasteiger partial charge >= 0.3 is 0 Å². The van der Waals surface area contributed by atoms with E-state index in [2.05, 4.69) is 32.6 Å². The van der Waals surface area contributed by atoms with Gasteiger partial charge in [-0.3, -0.25) is 14.5 Å². The van der Waals surface area contributed by atoms with Crippen molar-refractivity contribution in [2.24, 2.45) is 5.92 Å². The molecule has 4 rings (SSSR count). The summed E-state index contributed by atoms with van der Waals surface area (Å²) in [4.78, 5) is 30.9. The largest absolute Gasteiger partial charge is 0.507 e. The highest BCUT2D eigenvalue weighted by molar-refractivity contribution is 6.51. The Hall–Kier alpha value is -4.06. The second kappa shape index (κ2) is 11.8. The first-order valence-corrected chi connectivity index (χ1v) is 13.6. The summed E-state index contributed by atoms with van der Waals surface area (Å²) < 4.78 is 5.85. The van der Waals surface area contributed by atoms with Gasteiger partial charge in [-0.05, 0) is 86.7 Å². The summed E-state index contributed by atoms with van der Waals surface area (Å²) in [6, 6.07) is 20.0. The van der Waals surface area contributed by atoms with Crippen molar-refractivity contribution in [3.63, 3.8) is 0 Å². The highest BCUT2D eigenvalue weighted by Gasteiger charge is 2.47. The first kappa shape index (κ1) is 28.0. The summed E-state index contributed by atoms with van der Waals surface area (Å²) in [5.41, 5.74) is 4.89. The smallest absolute Gasteiger partial charge is 0.300 e. The van der Waals surface area contributed by atoms with E-state index < -0.39 is 17.7 Å². The van der Waals surface area contributed by atoms with Gasteiger partial charge in [0.2, 0.25) is 0 Å². The van der Waals surface area contributed by atoms with Crippen LogP contribution in [0, 0.1) is 19.8 Å². The number of Topliss-reactive ketones (excluding diaryl/α,β-unsaturated/α-hetero) is 1. The Kier molecular flexibility index (Phi) is 8.44. The van der Waals surface area contributed by atoms with Gasteiger partial charge in [0, 0.05) is 30.0 Å². The molecule has 0 bridgehead atoms. The number of aryl methyl sites for hydroxylation is 2. The predicted octanol–water partition coefficient (Wildman–Crippen LogP) is 6.81. The fraction of sp³-hybridized carbons (Fsp3) is 0.333. The normalized spacial score (nSPS) is 16.7. The van der Waals surface area contributed by atoms with Gasteiger partial charge in [0.25, 0.3) is 11.7 Å². The quantitative estimate of drug-likeness (QED) is 0.188. The van der Waals surface area contributed by atoms with E-state index in [4.69, 9.17) is 4.74 Å². The first-order valence-electron chi connectivity index (χ1n) is 13.6. The standard InChI is InChI=1S/C33H38N2O4/c1-7-34(8-2)26-14-12-24(13-15-26)30-29(31(36)25-10-9-11-28(19-25)39-20-21(3)4)32(37)33(38)35(30)27-17-22(5)16-23(6)18-27/h9-19,21,30,36H,7-8,20H2,1-6H3/b31-29+. The van der Waals surface area contributed by atoms with Gasteiger partial charge in [-0.2, -0.15) is 0 Å². The molecule has 1 atom stereocenters. The highest BCUT2D eigenvalue weighted by atomic mass is 16.5. The number of nitrogens with zero attached hydrogens (tertiary/aromatic N) is 2. The predicted molar refractivity (Wildman–Crippen MR) is 157 cm³/mol. The van der Waals surface area contributed by atoms with E-state index in [9.17, 15) is 14.7 Å². The van der Waals surface area contributed by atoms with Crippen molar-refractivity contribution in [3.05, 3.63) is 94.6 Å². The summed E-state index contributed by atoms with van der Waals surface area (Å²) >= 11 is 0. The average molecular weight is 527 g/mol. The van der Waals surface area contributed by atoms with Crippen LogP contribution in [0.5, 0.6) is 5.75 Å². The average Bonchev–Trinajstić information content (AvgIpc) is 3.18. The molecular formula is C33H38N2O4. The van der Waals surface area contributed by atoms with Gasteiger partial charge in [-0.15, -0.1) is 0 Å². The molecule has 0 aliphatic carbocycles. The maximum absolute atomic E-state index is 13.6. The van der Waals surface area contributed by atoms with Crippen LogP contribution in [0.25, 0.3) is 5.76 Å². The molecule has 0 saturated carbocycles. The van der Waals surface area contributed by atoms with Crippen molar-refractivity contribution >= 4 is 28.8 Å². The van der Waals surface area contributed by atoms with E-state index in [1.54, 1.807) is 18.2 Å². The van der Waals surface area contributed by atoms with Crippen LogP contribution in [0.4, 0.5) is 11.4 Å². The maximum atomic E-state index is 13.6. The third kappa shape index (κ3) is 5.85. The number of rotatable bonds is 9. The molecule has 39 heavy (non-hydrogen) atoms. The van der Waals surface area contributed by atoms with Crippen LogP contribution in [0.1, 0.15) is 56.0 Å². The Morgan fingerprint density at radius 3 is 2.18 bits per heavy atom. The minimum atomic E-state index is -0.780. The second-order valence-corrected chi connectivity index (χ2v) is 10.5. The molecule has 6 nitrogen and oxygen atoms in total. The molecule has 1 amide bonds. The number of anilines is 2. The third-order valence-electron chi connectivity index (χ3n) is 6.96. The Labute approximate surface area is 231 Å². The lowest BCUT2D eigenvalue weighted by atomic mass is 9.94. The third-order valence-corrected chi connectivity index (χ3v) is 6.96. The summed E-state index contributed by atoms with van der Waals surface area (Å²) in [6.45, 7) is 14.5. The van der Waals surface area contributed by atoms with Crippen molar-refractivity contribution in [3.8, 4) is 5.75 Å². The second-order valence-electron chi connectivity index (χ2n) is 10.5. The minimum absolute atomic E-state index is 0.0655. The lowest BCUT2D eigenvalue weighted by Gasteiger charge is -2.27. The number of ether oxygens (including phenoxy) is 1. The molecule has 1 unspecified atom stereocenters. The number of hydrogen-bond donors (Lipinski definition) is 1. The number of hydrogen-bond acceptors (Lipinski definition) is 5. The van der Waals surface area contributed by atoms with Gasteiger partial charge < -0.3 is 14.7 Å². The van der Waals surface area contributed by atoms with Gasteiger partial charge in [-0.25, -0.2) is 0 Å². The molecule has 1 aliphatic heterocycles. The van der Waals surface area contributed by atoms with Gasteiger partial charge in [0.1, 0.15) is 11.5 Å². The molecule has 0 aromatic heterocycles. The van der Waals surface area contributed by atoms with Crippen molar-refractivity contribution in [1.82, 2.24) is 0 Å². The zero-order valence-electron chi connectivity index (χ0n) is 23.7. The Morgan fingerprint density at radius 1 is 0.949 bits per heavy atom. The number of amides is 1. The minimum Gasteiger partial charge on any atom is -0.507 e. The molecule has 3 aromatic rings. The summed E-state index contributed by atoms with van der Waals surface area (Å²) in [6.07, 6.45) is 0. The maximum Gasteiger partial charge on any atom is 0.300 e. The molecule has 3 aromatic carbocycles. The summed E-state index contributed by atoms with van der Waals surface area (Å²) in [5, 5.41) is 11.6. The molecular weight excluding hydrogens is 488 g/mol. The monoisotopic (exact) mass is 526 g/mol. The SMILES string of the molecule is CCN(CC)c1ccc(C2/C(=C(\O)c3cccc(OCC(C)C)c3)C(=O)C(=O)N2c2cc(C)cc(C)c2)cc1. The number of benzene rings is 3. The molecule has 204 valence electrons. The van der Waals surface area contributed by atoms with Crippen LogP contribution in [-0.4, -0.2) is 36.5 Å². The van der Waals surface area contributed by atoms with E-state index in [0.29, 0.717) is 29.5 Å². The Bertz CT molecular complexity index is 1370. The van der Waals surface area contributed by atoms with E-state index in [1.807, 2.05) is 62.4 Å². The molecule has 1 heterocycles. The van der Waals surface area contributed by atoms with Crippen LogP contribution < -0.4 is 14.5 Å². The fourth-order valence-electron chi connectivity index (χ4n) is 5.11. The molecule has 1 fully saturated rings. The molecule has 1 aliphatic rings. The van der Waals surface area contributed by atoms with Crippen molar-refractivity contribution in [2.45, 2.75) is 47.6 Å². The zero-order chi connectivity index (χ0) is 28.3. The molecule has 0 spiro atoms. The van der Waals surface area contributed by atoms with Gasteiger partial charge in [-0.1, -0.05) is 44.2 Å². The lowest BCUT2D eigenvalue weighted by Crippen LogP contribution is -2.29. The van der Waals surface area contributed by atoms with E-state index in [-0.39, 0.29) is 11.3 Å². The summed E-state index contributed by atoms with van der Waals surface area (Å²) in [5.74, 6) is -0.654. The van der Waals surface area contributed by atoms with Crippen LogP contribution >= 0.6 is 0 Å². The van der Waals surface area contributed by atoms with Crippen LogP contribution in [-0.2, 0) is 9.59 Å². The Balaban J connectivity index is 1.87. The topological polar surface area (TPSA) is 70.1 Å². The van der Waals surface area contributed by atoms with Crippen LogP contribution in [0.3, 0.4) is 0 Å². The summed E-state index contributed by atoms with van der Waals surface area (Å²) in [7, 11) is 0. The molecule has 0 radical (unpaired) electrons. The van der Waals surface area contributed by atoms with Crippen molar-refractivity contribution < 1.29 is 19.4 Å². The van der Waals surface area contributed by atoms with Crippen LogP contribution in [0.15, 0.2) is 72.3 Å². The van der Waals surface area contributed by atoms with Gasteiger partial charge in [0.15, 0.2) is 0 Å². The number of aliphatic hydroxyl groups excluding tert-OH is 1.